The third-order valence-corrected chi connectivity index (χ3v) is 3.98. The Bertz CT molecular complexity index is 413. The van der Waals surface area contributed by atoms with Gasteiger partial charge in [-0.25, -0.2) is 14.0 Å². The van der Waals surface area contributed by atoms with Crippen LogP contribution in [0.2, 0.25) is 0 Å². The van der Waals surface area contributed by atoms with Crippen LogP contribution in [-0.2, 0) is 9.53 Å². The Kier molecular flexibility index (Phi) is 4.62. The van der Waals surface area contributed by atoms with Gasteiger partial charge in [0.15, 0.2) is 0 Å². The molecule has 6 heteroatoms. The molecule has 0 aromatic rings. The molecule has 0 unspecified atom stereocenters. The number of urea groups is 1. The van der Waals surface area contributed by atoms with E-state index in [4.69, 9.17) is 0 Å². The van der Waals surface area contributed by atoms with Crippen LogP contribution in [0, 0.1) is 5.92 Å². The second-order valence-corrected chi connectivity index (χ2v) is 5.46. The molecule has 0 bridgehead atoms. The number of halogens is 1. The fourth-order valence-corrected chi connectivity index (χ4v) is 2.68. The normalized spacial score (nSPS) is 29.3. The van der Waals surface area contributed by atoms with Gasteiger partial charge in [-0.05, 0) is 25.2 Å². The minimum absolute atomic E-state index is 0.000734. The van der Waals surface area contributed by atoms with Crippen molar-refractivity contribution in [3.05, 3.63) is 12.2 Å². The van der Waals surface area contributed by atoms with Crippen molar-refractivity contribution >= 4 is 12.0 Å². The summed E-state index contributed by atoms with van der Waals surface area (Å²) in [5.41, 5.74) is -2.06. The maximum atomic E-state index is 14.2. The number of carbonyl (C=O) groups excluding carboxylic acids is 2. The molecule has 5 nitrogen and oxygen atoms in total. The lowest BCUT2D eigenvalue weighted by molar-refractivity contribution is -0.153. The van der Waals surface area contributed by atoms with Crippen molar-refractivity contribution in [1.29, 1.82) is 0 Å². The van der Waals surface area contributed by atoms with E-state index in [1.807, 2.05) is 0 Å². The number of nitrogens with one attached hydrogen (secondary N) is 1. The van der Waals surface area contributed by atoms with Crippen LogP contribution in [0.4, 0.5) is 9.18 Å². The second-order valence-electron chi connectivity index (χ2n) is 5.46. The third kappa shape index (κ3) is 3.29. The van der Waals surface area contributed by atoms with Crippen LogP contribution in [0.1, 0.15) is 25.7 Å². The summed E-state index contributed by atoms with van der Waals surface area (Å²) in [7, 11) is 1.16. The molecular formula is C14H21FN2O3. The predicted octanol–water partition coefficient (Wildman–Crippen LogP) is 1.64. The molecule has 1 fully saturated rings. The smallest absolute Gasteiger partial charge is 0.345 e. The number of amides is 2. The highest BCUT2D eigenvalue weighted by Gasteiger charge is 2.47. The van der Waals surface area contributed by atoms with Gasteiger partial charge in [0.05, 0.1) is 13.7 Å². The maximum absolute atomic E-state index is 14.2. The molecule has 1 N–H and O–H groups in total. The summed E-state index contributed by atoms with van der Waals surface area (Å²) in [5.74, 6) is -0.451. The van der Waals surface area contributed by atoms with Gasteiger partial charge in [0.2, 0.25) is 5.67 Å². The van der Waals surface area contributed by atoms with Crippen molar-refractivity contribution in [3.63, 3.8) is 0 Å². The number of nitrogens with zero attached hydrogens (tertiary/aromatic N) is 1. The number of allylic oxidation sites excluding steroid dienone is 2. The van der Waals surface area contributed by atoms with Gasteiger partial charge in [0.25, 0.3) is 0 Å². The molecule has 2 aliphatic rings. The van der Waals surface area contributed by atoms with Crippen LogP contribution < -0.4 is 5.32 Å². The van der Waals surface area contributed by atoms with Crippen molar-refractivity contribution in [2.24, 2.45) is 5.92 Å². The van der Waals surface area contributed by atoms with Gasteiger partial charge in [-0.15, -0.1) is 0 Å². The van der Waals surface area contributed by atoms with Crippen molar-refractivity contribution in [2.75, 3.05) is 26.7 Å². The van der Waals surface area contributed by atoms with Crippen LogP contribution in [0.15, 0.2) is 12.2 Å². The molecule has 1 aliphatic carbocycles. The van der Waals surface area contributed by atoms with Crippen LogP contribution in [0.5, 0.6) is 0 Å². The Hall–Kier alpha value is -1.59. The highest BCUT2D eigenvalue weighted by Crippen LogP contribution is 2.27. The molecule has 0 aromatic heterocycles. The molecule has 0 spiro atoms. The van der Waals surface area contributed by atoms with E-state index in [-0.39, 0.29) is 25.5 Å². The molecule has 2 rings (SSSR count). The largest absolute Gasteiger partial charge is 0.467 e. The SMILES string of the molecule is COC(=O)[C@]1(F)CCN(C(=O)NC[C@@H]2CC=CCC2)C1. The summed E-state index contributed by atoms with van der Waals surface area (Å²) in [6.45, 7) is 0.606. The third-order valence-electron chi connectivity index (χ3n) is 3.98. The molecule has 1 heterocycles. The van der Waals surface area contributed by atoms with E-state index in [1.165, 1.54) is 4.90 Å². The lowest BCUT2D eigenvalue weighted by Gasteiger charge is -2.22. The molecule has 112 valence electrons. The Balaban J connectivity index is 1.79. The van der Waals surface area contributed by atoms with Crippen LogP contribution >= 0.6 is 0 Å². The van der Waals surface area contributed by atoms with Gasteiger partial charge in [-0.2, -0.15) is 0 Å². The van der Waals surface area contributed by atoms with E-state index < -0.39 is 11.6 Å². The predicted molar refractivity (Wildman–Crippen MR) is 71.9 cm³/mol. The first-order chi connectivity index (χ1) is 9.55. The minimum Gasteiger partial charge on any atom is -0.467 e. The standard InChI is InChI=1S/C14H21FN2O3/c1-20-12(18)14(15)7-8-17(10-14)13(19)16-9-11-5-3-2-4-6-11/h2-3,11H,4-10H2,1H3,(H,16,19)/t11-,14+/m1/s1. The average molecular weight is 284 g/mol. The van der Waals surface area contributed by atoms with Gasteiger partial charge in [0.1, 0.15) is 0 Å². The highest BCUT2D eigenvalue weighted by molar-refractivity contribution is 5.82. The van der Waals surface area contributed by atoms with E-state index >= 15 is 0 Å². The molecule has 1 saturated heterocycles. The minimum atomic E-state index is -2.06. The van der Waals surface area contributed by atoms with E-state index in [9.17, 15) is 14.0 Å². The Morgan fingerprint density at radius 1 is 1.50 bits per heavy atom. The fourth-order valence-electron chi connectivity index (χ4n) is 2.68. The first-order valence-corrected chi connectivity index (χ1v) is 7.00. The molecule has 1 aliphatic heterocycles. The second kappa shape index (κ2) is 6.24. The summed E-state index contributed by atoms with van der Waals surface area (Å²) in [6.07, 6.45) is 7.34. The molecular weight excluding hydrogens is 263 g/mol. The summed E-state index contributed by atoms with van der Waals surface area (Å²) < 4.78 is 18.6. The Morgan fingerprint density at radius 2 is 2.30 bits per heavy atom. The Morgan fingerprint density at radius 3 is 2.95 bits per heavy atom. The lowest BCUT2D eigenvalue weighted by atomic mass is 9.94. The zero-order valence-electron chi connectivity index (χ0n) is 11.7. The van der Waals surface area contributed by atoms with Crippen LogP contribution in [0.25, 0.3) is 0 Å². The van der Waals surface area contributed by atoms with E-state index in [1.54, 1.807) is 0 Å². The number of alkyl halides is 1. The van der Waals surface area contributed by atoms with Crippen molar-refractivity contribution in [1.82, 2.24) is 10.2 Å². The number of rotatable bonds is 3. The first kappa shape index (κ1) is 14.8. The van der Waals surface area contributed by atoms with Crippen LogP contribution in [-0.4, -0.2) is 49.3 Å². The van der Waals surface area contributed by atoms with E-state index in [0.29, 0.717) is 12.5 Å². The van der Waals surface area contributed by atoms with E-state index in [0.717, 1.165) is 26.4 Å². The summed E-state index contributed by atoms with van der Waals surface area (Å²) >= 11 is 0. The molecule has 0 saturated carbocycles. The van der Waals surface area contributed by atoms with Crippen molar-refractivity contribution < 1.29 is 18.7 Å². The van der Waals surface area contributed by atoms with Crippen LogP contribution in [0.3, 0.4) is 0 Å². The molecule has 2 atom stereocenters. The number of hydrogen-bond donors (Lipinski definition) is 1. The number of likely N-dealkylation sites (tertiary alicyclic amines) is 1. The Labute approximate surface area is 118 Å². The molecule has 0 radical (unpaired) electrons. The monoisotopic (exact) mass is 284 g/mol. The zero-order valence-corrected chi connectivity index (χ0v) is 11.7. The number of carbonyl (C=O) groups is 2. The summed E-state index contributed by atoms with van der Waals surface area (Å²) in [6, 6.07) is -0.303. The zero-order chi connectivity index (χ0) is 14.6. The molecule has 20 heavy (non-hydrogen) atoms. The van der Waals surface area contributed by atoms with Gasteiger partial charge in [-0.1, -0.05) is 12.2 Å². The van der Waals surface area contributed by atoms with Crippen molar-refractivity contribution in [2.45, 2.75) is 31.4 Å². The van der Waals surface area contributed by atoms with Gasteiger partial charge in [-0.3, -0.25) is 0 Å². The molecule has 2 amide bonds. The maximum Gasteiger partial charge on any atom is 0.345 e. The first-order valence-electron chi connectivity index (χ1n) is 7.00. The number of ether oxygens (including phenoxy) is 1. The molecule has 0 aromatic carbocycles. The number of methoxy groups -OCH3 is 1. The van der Waals surface area contributed by atoms with Crippen molar-refractivity contribution in [3.8, 4) is 0 Å². The quantitative estimate of drug-likeness (QED) is 0.633. The van der Waals surface area contributed by atoms with Gasteiger partial charge < -0.3 is 15.0 Å². The average Bonchev–Trinajstić information content (AvgIpc) is 2.89. The summed E-state index contributed by atoms with van der Waals surface area (Å²) in [5, 5.41) is 2.82. The topological polar surface area (TPSA) is 58.6 Å². The number of hydrogen-bond acceptors (Lipinski definition) is 3. The van der Waals surface area contributed by atoms with Gasteiger partial charge >= 0.3 is 12.0 Å². The lowest BCUT2D eigenvalue weighted by Crippen LogP contribution is -2.44. The number of esters is 1. The summed E-state index contributed by atoms with van der Waals surface area (Å²) in [4.78, 5) is 24.7. The highest BCUT2D eigenvalue weighted by atomic mass is 19.1. The van der Waals surface area contributed by atoms with E-state index in [2.05, 4.69) is 22.2 Å². The van der Waals surface area contributed by atoms with Gasteiger partial charge in [0, 0.05) is 19.5 Å². The fraction of sp³-hybridized carbons (Fsp3) is 0.714.